The Kier molecular flexibility index (Phi) is 8.67. The smallest absolute Gasteiger partial charge is 0.344 e. The van der Waals surface area contributed by atoms with Crippen LogP contribution in [-0.2, 0) is 11.2 Å². The monoisotopic (exact) mass is 730 g/mol. The van der Waals surface area contributed by atoms with E-state index in [1.54, 1.807) is 49.5 Å². The predicted octanol–water partition coefficient (Wildman–Crippen LogP) is 10.3. The van der Waals surface area contributed by atoms with E-state index in [2.05, 4.69) is 0 Å². The maximum absolute atomic E-state index is 13.8. The summed E-state index contributed by atoms with van der Waals surface area (Å²) in [6.45, 7) is 3.75. The van der Waals surface area contributed by atoms with Crippen LogP contribution >= 0.6 is 46.4 Å². The average Bonchev–Trinajstić information content (AvgIpc) is 3.08. The molecule has 0 aliphatic carbocycles. The molecule has 5 aromatic carbocycles. The molecular weight excluding hydrogens is 710 g/mol. The lowest BCUT2D eigenvalue weighted by Gasteiger charge is -2.19. The molecule has 0 spiro atoms. The van der Waals surface area contributed by atoms with Crippen molar-refractivity contribution >= 4 is 108 Å². The quantitative estimate of drug-likeness (QED) is 0.0690. The first-order valence-corrected chi connectivity index (χ1v) is 16.5. The molecule has 49 heavy (non-hydrogen) atoms. The van der Waals surface area contributed by atoms with Crippen LogP contribution in [0.2, 0.25) is 20.1 Å². The summed E-state index contributed by atoms with van der Waals surface area (Å²) in [5, 5.41) is 4.43. The lowest BCUT2D eigenvalue weighted by atomic mass is 9.88. The third-order valence-corrected chi connectivity index (χ3v) is 9.23. The Morgan fingerprint density at radius 1 is 0.592 bits per heavy atom. The zero-order valence-corrected chi connectivity index (χ0v) is 28.7. The molecule has 0 saturated heterocycles. The van der Waals surface area contributed by atoms with Crippen molar-refractivity contribution in [3.8, 4) is 11.5 Å². The molecule has 0 fully saturated rings. The van der Waals surface area contributed by atoms with Gasteiger partial charge in [0.2, 0.25) is 0 Å². The first kappa shape index (κ1) is 32.8. The summed E-state index contributed by atoms with van der Waals surface area (Å²) < 4.78 is 16.8. The number of pyridine rings is 2. The van der Waals surface area contributed by atoms with E-state index < -0.39 is 17.9 Å². The van der Waals surface area contributed by atoms with Crippen molar-refractivity contribution in [3.05, 3.63) is 115 Å². The Balaban J connectivity index is 1.49. The minimum Gasteiger partial charge on any atom is -0.462 e. The van der Waals surface area contributed by atoms with Gasteiger partial charge in [-0.1, -0.05) is 65.5 Å². The highest BCUT2D eigenvalue weighted by Crippen LogP contribution is 2.43. The first-order chi connectivity index (χ1) is 23.6. The van der Waals surface area contributed by atoms with E-state index >= 15 is 0 Å². The molecule has 8 nitrogen and oxygen atoms in total. The molecule has 7 aromatic rings. The van der Waals surface area contributed by atoms with E-state index in [0.717, 1.165) is 5.56 Å². The Labute approximate surface area is 298 Å². The normalized spacial score (nSPS) is 11.5. The summed E-state index contributed by atoms with van der Waals surface area (Å²) in [7, 11) is 0. The highest BCUT2D eigenvalue weighted by Gasteiger charge is 2.28. The second kappa shape index (κ2) is 12.9. The molecule has 2 heterocycles. The number of aryl methyl sites for hydroxylation is 1. The Bertz CT molecular complexity index is 2500. The van der Waals surface area contributed by atoms with Crippen molar-refractivity contribution in [2.45, 2.75) is 20.3 Å². The van der Waals surface area contributed by atoms with Crippen molar-refractivity contribution in [1.29, 1.82) is 0 Å². The molecule has 0 aliphatic rings. The third-order valence-electron chi connectivity index (χ3n) is 8.17. The summed E-state index contributed by atoms with van der Waals surface area (Å²) in [4.78, 5) is 50.4. The molecule has 12 heteroatoms. The molecule has 0 N–H and O–H groups in total. The average molecular weight is 732 g/mol. The zero-order chi connectivity index (χ0) is 34.6. The standard InChI is InChI=1S/C37H22Cl4N2O6/c1-3-17-15-42-33-21-8-10-23(37(46)49-28-12-6-19(39)14-26(28)41)30-24(35(44)47-4-2)16-43-34(32(21)30)20-7-9-22(29(17)31(20)33)36(45)48-27-11-5-18(38)13-25(27)40/h5-16H,3-4H2,1-2H3. The van der Waals surface area contributed by atoms with E-state index in [-0.39, 0.29) is 44.7 Å². The number of halogens is 4. The molecule has 2 aromatic heterocycles. The van der Waals surface area contributed by atoms with E-state index in [0.29, 0.717) is 60.0 Å². The Hall–Kier alpha value is -4.73. The predicted molar refractivity (Wildman–Crippen MR) is 191 cm³/mol. The highest BCUT2D eigenvalue weighted by atomic mass is 35.5. The number of nitrogens with zero attached hydrogens (tertiary/aromatic N) is 2. The van der Waals surface area contributed by atoms with Crippen molar-refractivity contribution in [3.63, 3.8) is 0 Å². The van der Waals surface area contributed by atoms with Gasteiger partial charge in [0.25, 0.3) is 0 Å². The van der Waals surface area contributed by atoms with Gasteiger partial charge in [0, 0.05) is 54.8 Å². The second-order valence-corrected chi connectivity index (χ2v) is 12.7. The van der Waals surface area contributed by atoms with Gasteiger partial charge in [-0.3, -0.25) is 9.97 Å². The molecule has 0 atom stereocenters. The van der Waals surface area contributed by atoms with Gasteiger partial charge in [-0.25, -0.2) is 14.4 Å². The lowest BCUT2D eigenvalue weighted by Crippen LogP contribution is -2.14. The molecule has 0 amide bonds. The summed E-state index contributed by atoms with van der Waals surface area (Å²) in [5.74, 6) is -1.79. The van der Waals surface area contributed by atoms with Crippen LogP contribution in [0.3, 0.4) is 0 Å². The van der Waals surface area contributed by atoms with Gasteiger partial charge in [0.15, 0.2) is 0 Å². The number of benzene rings is 5. The zero-order valence-electron chi connectivity index (χ0n) is 25.7. The van der Waals surface area contributed by atoms with Gasteiger partial charge in [-0.05, 0) is 67.4 Å². The minimum absolute atomic E-state index is 0.0708. The highest BCUT2D eigenvalue weighted by molar-refractivity contribution is 6.37. The first-order valence-electron chi connectivity index (χ1n) is 15.0. The molecule has 244 valence electrons. The number of ether oxygens (including phenoxy) is 3. The number of aromatic nitrogens is 2. The molecule has 0 radical (unpaired) electrons. The summed E-state index contributed by atoms with van der Waals surface area (Å²) in [6, 6.07) is 15.8. The summed E-state index contributed by atoms with van der Waals surface area (Å²) >= 11 is 24.7. The van der Waals surface area contributed by atoms with Gasteiger partial charge in [-0.2, -0.15) is 0 Å². The van der Waals surface area contributed by atoms with Crippen LogP contribution in [0.25, 0.3) is 43.4 Å². The van der Waals surface area contributed by atoms with E-state index in [1.807, 2.05) is 6.92 Å². The molecular formula is C37H22Cl4N2O6. The van der Waals surface area contributed by atoms with E-state index in [9.17, 15) is 14.4 Å². The molecule has 0 unspecified atom stereocenters. The van der Waals surface area contributed by atoms with Crippen LogP contribution in [0.1, 0.15) is 50.5 Å². The molecule has 7 rings (SSSR count). The maximum atomic E-state index is 13.8. The minimum atomic E-state index is -0.761. The van der Waals surface area contributed by atoms with Gasteiger partial charge in [0.1, 0.15) is 11.5 Å². The second-order valence-electron chi connectivity index (χ2n) is 11.0. The maximum Gasteiger partial charge on any atom is 0.344 e. The fourth-order valence-corrected chi connectivity index (χ4v) is 6.94. The topological polar surface area (TPSA) is 105 Å². The largest absolute Gasteiger partial charge is 0.462 e. The van der Waals surface area contributed by atoms with Crippen molar-refractivity contribution in [2.24, 2.45) is 0 Å². The Morgan fingerprint density at radius 2 is 1.10 bits per heavy atom. The SMILES string of the molecule is CCOC(=O)c1cnc2c3ccc(C(=O)Oc4ccc(Cl)cc4Cl)c4c(CC)cnc(c5ccc(C(=O)Oc6ccc(Cl)cc6Cl)c1c52)c43. The fourth-order valence-electron chi connectivity index (χ4n) is 6.04. The van der Waals surface area contributed by atoms with Crippen LogP contribution < -0.4 is 9.47 Å². The number of fused-ring (bicyclic) bond motifs is 2. The van der Waals surface area contributed by atoms with Crippen LogP contribution in [0, 0.1) is 0 Å². The molecule has 0 saturated carbocycles. The van der Waals surface area contributed by atoms with Crippen molar-refractivity contribution < 1.29 is 28.6 Å². The number of rotatable bonds is 7. The summed E-state index contributed by atoms with van der Waals surface area (Å²) in [6.07, 6.45) is 3.65. The Morgan fingerprint density at radius 3 is 1.61 bits per heavy atom. The number of hydrogen-bond acceptors (Lipinski definition) is 8. The van der Waals surface area contributed by atoms with Crippen molar-refractivity contribution in [1.82, 2.24) is 9.97 Å². The van der Waals surface area contributed by atoms with E-state index in [1.165, 1.54) is 30.5 Å². The van der Waals surface area contributed by atoms with Crippen LogP contribution in [0.4, 0.5) is 0 Å². The van der Waals surface area contributed by atoms with Crippen LogP contribution in [0.5, 0.6) is 11.5 Å². The van der Waals surface area contributed by atoms with Crippen molar-refractivity contribution in [2.75, 3.05) is 6.61 Å². The van der Waals surface area contributed by atoms with Crippen LogP contribution in [0.15, 0.2) is 73.1 Å². The number of esters is 3. The molecule has 0 aliphatic heterocycles. The van der Waals surface area contributed by atoms with E-state index in [4.69, 9.17) is 70.6 Å². The molecule has 0 bridgehead atoms. The number of carbonyl (C=O) groups is 3. The van der Waals surface area contributed by atoms with Gasteiger partial charge >= 0.3 is 17.9 Å². The summed E-state index contributed by atoms with van der Waals surface area (Å²) in [5.41, 5.74) is 2.27. The van der Waals surface area contributed by atoms with Gasteiger partial charge in [-0.15, -0.1) is 0 Å². The number of hydrogen-bond donors (Lipinski definition) is 0. The fraction of sp³-hybridized carbons (Fsp3) is 0.108. The van der Waals surface area contributed by atoms with Gasteiger partial charge in [0.05, 0.1) is 44.4 Å². The lowest BCUT2D eigenvalue weighted by molar-refractivity contribution is 0.0528. The van der Waals surface area contributed by atoms with Gasteiger partial charge < -0.3 is 14.2 Å². The number of carbonyl (C=O) groups excluding carboxylic acids is 3. The third kappa shape index (κ3) is 5.64. The van der Waals surface area contributed by atoms with Crippen LogP contribution in [-0.4, -0.2) is 34.5 Å².